The van der Waals surface area contributed by atoms with Crippen LogP contribution in [0.2, 0.25) is 0 Å². The molecule has 0 saturated heterocycles. The number of benzene rings is 3. The van der Waals surface area contributed by atoms with Crippen LogP contribution in [0.25, 0.3) is 0 Å². The van der Waals surface area contributed by atoms with Gasteiger partial charge in [-0.15, -0.1) is 0 Å². The summed E-state index contributed by atoms with van der Waals surface area (Å²) in [5.74, 6) is -0.806. The number of carbonyl (C=O) groups excluding carboxylic acids is 1. The molecule has 0 unspecified atom stereocenters. The zero-order valence-electron chi connectivity index (χ0n) is 15.6. The SMILES string of the molecule is COCc1cccc(C(=O)Nc2ccc(NS(=O)(=O)c3ccc(F)cc3)cc2)c1. The first kappa shape index (κ1) is 20.5. The molecule has 0 fully saturated rings. The highest BCUT2D eigenvalue weighted by Crippen LogP contribution is 2.19. The lowest BCUT2D eigenvalue weighted by atomic mass is 10.1. The lowest BCUT2D eigenvalue weighted by Gasteiger charge is -2.10. The van der Waals surface area contributed by atoms with Crippen molar-refractivity contribution in [3.63, 3.8) is 0 Å². The minimum absolute atomic E-state index is 0.0489. The highest BCUT2D eigenvalue weighted by atomic mass is 32.2. The Bertz CT molecular complexity index is 1100. The Hall–Kier alpha value is -3.23. The van der Waals surface area contributed by atoms with Crippen molar-refractivity contribution >= 4 is 27.3 Å². The maximum atomic E-state index is 13.0. The lowest BCUT2D eigenvalue weighted by molar-refractivity contribution is 0.102. The summed E-state index contributed by atoms with van der Waals surface area (Å²) in [5, 5.41) is 2.76. The van der Waals surface area contributed by atoms with Crippen LogP contribution in [0.3, 0.4) is 0 Å². The number of rotatable bonds is 7. The van der Waals surface area contributed by atoms with Gasteiger partial charge in [0.15, 0.2) is 0 Å². The van der Waals surface area contributed by atoms with Crippen LogP contribution in [0.4, 0.5) is 15.8 Å². The molecular formula is C21H19FN2O4S. The Balaban J connectivity index is 1.68. The third kappa shape index (κ3) is 5.40. The predicted octanol–water partition coefficient (Wildman–Crippen LogP) is 4.03. The zero-order chi connectivity index (χ0) is 20.9. The third-order valence-electron chi connectivity index (χ3n) is 4.02. The fraction of sp³-hybridized carbons (Fsp3) is 0.0952. The number of hydrogen-bond donors (Lipinski definition) is 2. The van der Waals surface area contributed by atoms with Gasteiger partial charge in [0.1, 0.15) is 5.82 Å². The third-order valence-corrected chi connectivity index (χ3v) is 5.42. The minimum Gasteiger partial charge on any atom is -0.380 e. The number of methoxy groups -OCH3 is 1. The van der Waals surface area contributed by atoms with Crippen LogP contribution in [0, 0.1) is 5.82 Å². The normalized spacial score (nSPS) is 11.1. The van der Waals surface area contributed by atoms with Crippen molar-refractivity contribution in [2.45, 2.75) is 11.5 Å². The molecule has 0 saturated carbocycles. The minimum atomic E-state index is -3.84. The largest absolute Gasteiger partial charge is 0.380 e. The maximum absolute atomic E-state index is 13.0. The summed E-state index contributed by atoms with van der Waals surface area (Å²) < 4.78 is 45.1. The highest BCUT2D eigenvalue weighted by Gasteiger charge is 2.14. The summed E-state index contributed by atoms with van der Waals surface area (Å²) in [4.78, 5) is 12.4. The summed E-state index contributed by atoms with van der Waals surface area (Å²) >= 11 is 0. The number of halogens is 1. The molecule has 1 amide bonds. The first-order valence-electron chi connectivity index (χ1n) is 8.65. The van der Waals surface area contributed by atoms with E-state index in [2.05, 4.69) is 10.0 Å². The molecule has 0 heterocycles. The fourth-order valence-electron chi connectivity index (χ4n) is 2.62. The van der Waals surface area contributed by atoms with Gasteiger partial charge in [-0.25, -0.2) is 12.8 Å². The molecular weight excluding hydrogens is 395 g/mol. The van der Waals surface area contributed by atoms with Crippen LogP contribution in [0.15, 0.2) is 77.7 Å². The van der Waals surface area contributed by atoms with Crippen LogP contribution < -0.4 is 10.0 Å². The van der Waals surface area contributed by atoms with E-state index >= 15 is 0 Å². The van der Waals surface area contributed by atoms with Crippen molar-refractivity contribution in [1.82, 2.24) is 0 Å². The second-order valence-corrected chi connectivity index (χ2v) is 7.91. The molecule has 8 heteroatoms. The van der Waals surface area contributed by atoms with Crippen molar-refractivity contribution in [3.05, 3.63) is 89.7 Å². The van der Waals surface area contributed by atoms with Gasteiger partial charge in [0, 0.05) is 24.0 Å². The van der Waals surface area contributed by atoms with Crippen molar-refractivity contribution in [1.29, 1.82) is 0 Å². The number of hydrogen-bond acceptors (Lipinski definition) is 4. The van der Waals surface area contributed by atoms with Gasteiger partial charge in [0.05, 0.1) is 11.5 Å². The molecule has 0 atom stereocenters. The molecule has 29 heavy (non-hydrogen) atoms. The van der Waals surface area contributed by atoms with Crippen molar-refractivity contribution in [2.24, 2.45) is 0 Å². The summed E-state index contributed by atoms with van der Waals surface area (Å²) in [6.07, 6.45) is 0. The number of anilines is 2. The first-order valence-corrected chi connectivity index (χ1v) is 10.1. The molecule has 3 rings (SSSR count). The van der Waals surface area contributed by atoms with Gasteiger partial charge in [-0.05, 0) is 66.2 Å². The average Bonchev–Trinajstić information content (AvgIpc) is 2.70. The van der Waals surface area contributed by atoms with Crippen molar-refractivity contribution < 1.29 is 22.3 Å². The molecule has 0 aliphatic carbocycles. The van der Waals surface area contributed by atoms with E-state index in [1.165, 1.54) is 24.3 Å². The zero-order valence-corrected chi connectivity index (χ0v) is 16.4. The standard InChI is InChI=1S/C21H19FN2O4S/c1-28-14-15-3-2-4-16(13-15)21(25)23-18-7-9-19(10-8-18)24-29(26,27)20-11-5-17(22)6-12-20/h2-13,24H,14H2,1H3,(H,23,25). The average molecular weight is 414 g/mol. The number of carbonyl (C=O) groups is 1. The molecule has 0 bridgehead atoms. The number of sulfonamides is 1. The molecule has 6 nitrogen and oxygen atoms in total. The molecule has 0 spiro atoms. The number of ether oxygens (including phenoxy) is 1. The van der Waals surface area contributed by atoms with Crippen LogP contribution in [0.1, 0.15) is 15.9 Å². The molecule has 0 aliphatic rings. The van der Waals surface area contributed by atoms with Crippen LogP contribution in [-0.4, -0.2) is 21.4 Å². The number of nitrogens with one attached hydrogen (secondary N) is 2. The van der Waals surface area contributed by atoms with Gasteiger partial charge in [0.25, 0.3) is 15.9 Å². The number of amides is 1. The Morgan fingerprint density at radius 3 is 2.28 bits per heavy atom. The molecule has 0 aromatic heterocycles. The van der Waals surface area contributed by atoms with Gasteiger partial charge in [0.2, 0.25) is 0 Å². The van der Waals surface area contributed by atoms with E-state index in [4.69, 9.17) is 4.74 Å². The van der Waals surface area contributed by atoms with Gasteiger partial charge in [-0.1, -0.05) is 12.1 Å². The fourth-order valence-corrected chi connectivity index (χ4v) is 3.68. The second-order valence-electron chi connectivity index (χ2n) is 6.22. The summed E-state index contributed by atoms with van der Waals surface area (Å²) in [6.45, 7) is 0.407. The molecule has 0 aliphatic heterocycles. The summed E-state index contributed by atoms with van der Waals surface area (Å²) in [5.41, 5.74) is 2.19. The first-order chi connectivity index (χ1) is 13.9. The van der Waals surface area contributed by atoms with Gasteiger partial charge >= 0.3 is 0 Å². The predicted molar refractivity (Wildman–Crippen MR) is 109 cm³/mol. The van der Waals surface area contributed by atoms with E-state index in [9.17, 15) is 17.6 Å². The van der Waals surface area contributed by atoms with E-state index < -0.39 is 15.8 Å². The monoisotopic (exact) mass is 414 g/mol. The van der Waals surface area contributed by atoms with E-state index in [0.29, 0.717) is 23.5 Å². The topological polar surface area (TPSA) is 84.5 Å². The van der Waals surface area contributed by atoms with Crippen molar-refractivity contribution in [2.75, 3.05) is 17.1 Å². The van der Waals surface area contributed by atoms with E-state index in [1.54, 1.807) is 37.4 Å². The van der Waals surface area contributed by atoms with Gasteiger partial charge < -0.3 is 10.1 Å². The lowest BCUT2D eigenvalue weighted by Crippen LogP contribution is -2.14. The van der Waals surface area contributed by atoms with E-state index in [1.807, 2.05) is 6.07 Å². The van der Waals surface area contributed by atoms with E-state index in [0.717, 1.165) is 17.7 Å². The summed E-state index contributed by atoms with van der Waals surface area (Å²) in [6, 6.07) is 17.8. The molecule has 3 aromatic rings. The van der Waals surface area contributed by atoms with E-state index in [-0.39, 0.29) is 10.8 Å². The molecule has 3 aromatic carbocycles. The van der Waals surface area contributed by atoms with Crippen LogP contribution >= 0.6 is 0 Å². The van der Waals surface area contributed by atoms with Crippen LogP contribution in [-0.2, 0) is 21.4 Å². The molecule has 0 radical (unpaired) electrons. The van der Waals surface area contributed by atoms with Gasteiger partial charge in [-0.2, -0.15) is 0 Å². The van der Waals surface area contributed by atoms with Gasteiger partial charge in [-0.3, -0.25) is 9.52 Å². The Labute approximate surface area is 168 Å². The smallest absolute Gasteiger partial charge is 0.261 e. The Morgan fingerprint density at radius 2 is 1.62 bits per heavy atom. The Kier molecular flexibility index (Phi) is 6.26. The molecule has 2 N–H and O–H groups in total. The Morgan fingerprint density at radius 1 is 0.966 bits per heavy atom. The maximum Gasteiger partial charge on any atom is 0.261 e. The highest BCUT2D eigenvalue weighted by molar-refractivity contribution is 7.92. The summed E-state index contributed by atoms with van der Waals surface area (Å²) in [7, 11) is -2.25. The quantitative estimate of drug-likeness (QED) is 0.611. The van der Waals surface area contributed by atoms with Crippen molar-refractivity contribution in [3.8, 4) is 0 Å². The molecule has 150 valence electrons. The second kappa shape index (κ2) is 8.85. The van der Waals surface area contributed by atoms with Crippen LogP contribution in [0.5, 0.6) is 0 Å².